The molecule has 2 aliphatic heterocycles. The lowest BCUT2D eigenvalue weighted by Crippen LogP contribution is -2.41. The molecular weight excluding hydrogens is 482 g/mol. The number of nitrogen functional groups attached to an aromatic ring is 2. The Bertz CT molecular complexity index is 1150. The molecule has 2 saturated heterocycles. The van der Waals surface area contributed by atoms with Gasteiger partial charge in [0.15, 0.2) is 12.3 Å². The van der Waals surface area contributed by atoms with Crippen LogP contribution in [-0.4, -0.2) is 94.3 Å². The van der Waals surface area contributed by atoms with E-state index in [2.05, 4.69) is 9.97 Å². The van der Waals surface area contributed by atoms with Gasteiger partial charge in [0.25, 0.3) is 0 Å². The first-order valence-corrected chi connectivity index (χ1v) is 10.1. The van der Waals surface area contributed by atoms with E-state index in [1.807, 2.05) is 0 Å². The summed E-state index contributed by atoms with van der Waals surface area (Å²) >= 11 is 0. The fraction of sp³-hybridized carbons (Fsp3) is 0.556. The number of anilines is 2. The van der Waals surface area contributed by atoms with E-state index in [0.29, 0.717) is 4.57 Å². The Morgan fingerprint density at radius 2 is 1.40 bits per heavy atom. The number of alkyl halides is 2. The highest BCUT2D eigenvalue weighted by Gasteiger charge is 2.59. The molecule has 0 aliphatic carbocycles. The van der Waals surface area contributed by atoms with Crippen molar-refractivity contribution in [2.45, 2.75) is 48.9 Å². The molecule has 7 atom stereocenters. The van der Waals surface area contributed by atoms with Crippen LogP contribution in [0.1, 0.15) is 12.5 Å². The van der Waals surface area contributed by atoms with Crippen molar-refractivity contribution in [3.05, 3.63) is 45.5 Å². The normalized spacial score (nSPS) is 31.7. The maximum Gasteiger partial charge on any atom is 0.351 e. The zero-order valence-electron chi connectivity index (χ0n) is 17.8. The van der Waals surface area contributed by atoms with Gasteiger partial charge in [0.2, 0.25) is 6.23 Å². The number of hydrogen-bond donors (Lipinski definition) is 7. The molecule has 15 nitrogen and oxygen atoms in total. The van der Waals surface area contributed by atoms with E-state index >= 15 is 0 Å². The van der Waals surface area contributed by atoms with E-state index in [9.17, 15) is 33.7 Å². The summed E-state index contributed by atoms with van der Waals surface area (Å²) in [7, 11) is 0. The Balaban J connectivity index is 0.000000196. The van der Waals surface area contributed by atoms with E-state index in [1.165, 1.54) is 12.3 Å². The number of hydrogen-bond acceptors (Lipinski definition) is 13. The summed E-state index contributed by atoms with van der Waals surface area (Å²) in [5.41, 5.74) is 8.84. The largest absolute Gasteiger partial charge is 0.394 e. The predicted octanol–water partition coefficient (Wildman–Crippen LogP) is -3.85. The second kappa shape index (κ2) is 10.3. The lowest BCUT2D eigenvalue weighted by atomic mass is 10.1. The zero-order valence-corrected chi connectivity index (χ0v) is 17.8. The average Bonchev–Trinajstić information content (AvgIpc) is 3.21. The molecule has 2 aliphatic rings. The van der Waals surface area contributed by atoms with Crippen LogP contribution in [0.3, 0.4) is 0 Å². The van der Waals surface area contributed by atoms with Crippen LogP contribution in [-0.2, 0) is 9.47 Å². The standard InChI is InChI=1S/C9H11F2N3O4.C9H13N3O5/c10-9(11)6(16)4(3-15)18-7(9)14-2-1-5(12)13-8(14)17;10-5-1-2-12(9(16)11-5)8-7(15)6(14)4(3-13)17-8/h1-2,4,6-7,15-16H,3H2,(H2,12,13,17);1-2,4,6-8,13-15H,3H2,(H2,10,11,16). The maximum atomic E-state index is 13.7. The number of aliphatic hydroxyl groups excluding tert-OH is 5. The number of aromatic nitrogens is 4. The highest BCUT2D eigenvalue weighted by atomic mass is 19.3. The third kappa shape index (κ3) is 5.15. The molecule has 9 N–H and O–H groups in total. The first-order chi connectivity index (χ1) is 16.4. The number of aliphatic hydroxyl groups is 5. The number of rotatable bonds is 4. The van der Waals surface area contributed by atoms with E-state index in [-0.39, 0.29) is 11.6 Å². The van der Waals surface area contributed by atoms with Crippen molar-refractivity contribution in [3.8, 4) is 0 Å². The van der Waals surface area contributed by atoms with Crippen molar-refractivity contribution >= 4 is 11.6 Å². The molecule has 0 aromatic carbocycles. The monoisotopic (exact) mass is 506 g/mol. The molecule has 4 rings (SSSR count). The van der Waals surface area contributed by atoms with Gasteiger partial charge in [0.1, 0.15) is 36.1 Å². The molecule has 0 spiro atoms. The van der Waals surface area contributed by atoms with Gasteiger partial charge in [-0.3, -0.25) is 9.13 Å². The Hall–Kier alpha value is -3.06. The quantitative estimate of drug-likeness (QED) is 0.210. The minimum Gasteiger partial charge on any atom is -0.394 e. The molecule has 2 fully saturated rings. The Labute approximate surface area is 194 Å². The van der Waals surface area contributed by atoms with Crippen molar-refractivity contribution in [1.29, 1.82) is 0 Å². The Morgan fingerprint density at radius 3 is 1.83 bits per heavy atom. The first kappa shape index (κ1) is 26.5. The molecule has 4 heterocycles. The topological polar surface area (TPSA) is 241 Å². The van der Waals surface area contributed by atoms with Gasteiger partial charge in [-0.2, -0.15) is 18.7 Å². The van der Waals surface area contributed by atoms with Gasteiger partial charge in [-0.05, 0) is 12.1 Å². The van der Waals surface area contributed by atoms with Gasteiger partial charge in [-0.15, -0.1) is 0 Å². The van der Waals surface area contributed by atoms with Crippen LogP contribution in [0, 0.1) is 0 Å². The summed E-state index contributed by atoms with van der Waals surface area (Å²) in [5, 5.41) is 46.3. The smallest absolute Gasteiger partial charge is 0.351 e. The van der Waals surface area contributed by atoms with E-state index in [0.717, 1.165) is 16.8 Å². The van der Waals surface area contributed by atoms with Crippen molar-refractivity contribution in [3.63, 3.8) is 0 Å². The van der Waals surface area contributed by atoms with Crippen LogP contribution in [0.5, 0.6) is 0 Å². The fourth-order valence-electron chi connectivity index (χ4n) is 3.45. The van der Waals surface area contributed by atoms with Gasteiger partial charge in [0, 0.05) is 12.4 Å². The SMILES string of the molecule is Nc1ccn(C2OC(CO)C(O)C2(F)F)c(=O)n1.Nc1ccn(C2OC(CO)C(O)C2O)c(=O)n1. The van der Waals surface area contributed by atoms with Crippen molar-refractivity contribution in [1.82, 2.24) is 19.1 Å². The van der Waals surface area contributed by atoms with Gasteiger partial charge >= 0.3 is 17.3 Å². The van der Waals surface area contributed by atoms with E-state index in [4.69, 9.17) is 31.2 Å². The summed E-state index contributed by atoms with van der Waals surface area (Å²) in [6.45, 7) is -1.24. The molecule has 17 heteroatoms. The second-order valence-corrected chi connectivity index (χ2v) is 7.64. The molecule has 0 bridgehead atoms. The zero-order chi connectivity index (χ0) is 26.1. The molecular formula is C18H24F2N6O9. The first-order valence-electron chi connectivity index (χ1n) is 10.1. The van der Waals surface area contributed by atoms with Crippen LogP contribution in [0.15, 0.2) is 34.1 Å². The Kier molecular flexibility index (Phi) is 7.80. The average molecular weight is 506 g/mol. The summed E-state index contributed by atoms with van der Waals surface area (Å²) in [5.74, 6) is -3.77. The van der Waals surface area contributed by atoms with Gasteiger partial charge in [-0.1, -0.05) is 0 Å². The van der Waals surface area contributed by atoms with Crippen molar-refractivity contribution in [2.75, 3.05) is 24.7 Å². The second-order valence-electron chi connectivity index (χ2n) is 7.64. The van der Waals surface area contributed by atoms with Crippen LogP contribution < -0.4 is 22.8 Å². The van der Waals surface area contributed by atoms with Gasteiger partial charge in [0.05, 0.1) is 13.2 Å². The summed E-state index contributed by atoms with van der Waals surface area (Å²) in [6.07, 6.45) is -7.95. The third-order valence-electron chi connectivity index (χ3n) is 5.31. The molecule has 194 valence electrons. The molecule has 0 saturated carbocycles. The molecule has 2 aromatic heterocycles. The molecule has 0 radical (unpaired) electrons. The lowest BCUT2D eigenvalue weighted by molar-refractivity contribution is -0.140. The van der Waals surface area contributed by atoms with Crippen LogP contribution in [0.4, 0.5) is 20.4 Å². The van der Waals surface area contributed by atoms with E-state index < -0.39 is 73.5 Å². The minimum absolute atomic E-state index is 0.0537. The van der Waals surface area contributed by atoms with Gasteiger partial charge < -0.3 is 46.5 Å². The number of ether oxygens (including phenoxy) is 2. The highest BCUT2D eigenvalue weighted by molar-refractivity contribution is 5.24. The summed E-state index contributed by atoms with van der Waals surface area (Å²) in [4.78, 5) is 29.7. The lowest BCUT2D eigenvalue weighted by Gasteiger charge is -2.20. The predicted molar refractivity (Wildman–Crippen MR) is 111 cm³/mol. The third-order valence-corrected chi connectivity index (χ3v) is 5.31. The highest BCUT2D eigenvalue weighted by Crippen LogP contribution is 2.41. The number of nitrogens with zero attached hydrogens (tertiary/aromatic N) is 4. The van der Waals surface area contributed by atoms with Gasteiger partial charge in [-0.25, -0.2) is 9.59 Å². The van der Waals surface area contributed by atoms with Crippen LogP contribution in [0.25, 0.3) is 0 Å². The molecule has 0 amide bonds. The van der Waals surface area contributed by atoms with Crippen LogP contribution in [0.2, 0.25) is 0 Å². The Morgan fingerprint density at radius 1 is 0.886 bits per heavy atom. The molecule has 7 unspecified atom stereocenters. The summed E-state index contributed by atoms with van der Waals surface area (Å²) in [6, 6.07) is 2.52. The van der Waals surface area contributed by atoms with E-state index in [1.54, 1.807) is 0 Å². The van der Waals surface area contributed by atoms with Crippen molar-refractivity contribution < 1.29 is 43.8 Å². The number of halogens is 2. The maximum absolute atomic E-state index is 13.7. The molecule has 35 heavy (non-hydrogen) atoms. The minimum atomic E-state index is -3.71. The summed E-state index contributed by atoms with van der Waals surface area (Å²) < 4.78 is 38.9. The fourth-order valence-corrected chi connectivity index (χ4v) is 3.45. The van der Waals surface area contributed by atoms with Crippen LogP contribution >= 0.6 is 0 Å². The number of nitrogens with two attached hydrogens (primary N) is 2. The van der Waals surface area contributed by atoms with Crippen molar-refractivity contribution in [2.24, 2.45) is 0 Å². The molecule has 2 aromatic rings.